The highest BCUT2D eigenvalue weighted by Gasteiger charge is 2.17. The van der Waals surface area contributed by atoms with E-state index < -0.39 is 0 Å². The summed E-state index contributed by atoms with van der Waals surface area (Å²) >= 11 is 6.40. The summed E-state index contributed by atoms with van der Waals surface area (Å²) in [6.45, 7) is 3.83. The zero-order valence-electron chi connectivity index (χ0n) is 16.4. The summed E-state index contributed by atoms with van der Waals surface area (Å²) in [5.74, 6) is 1.27. The summed E-state index contributed by atoms with van der Waals surface area (Å²) < 4.78 is 6.20. The first-order valence-corrected chi connectivity index (χ1v) is 10.2. The van der Waals surface area contributed by atoms with E-state index in [4.69, 9.17) is 16.3 Å². The lowest BCUT2D eigenvalue weighted by atomic mass is 10.1. The number of anilines is 2. The van der Waals surface area contributed by atoms with Crippen LogP contribution in [-0.2, 0) is 0 Å². The molecule has 4 aromatic rings. The van der Waals surface area contributed by atoms with Crippen molar-refractivity contribution in [3.8, 4) is 16.9 Å². The SMILES string of the molecule is Cc1cc(Cl)c2nc(Nc3cc(O[C@@H]4CCNC4)cc(-c4cn[nH]c4)c3)ncc2c1. The van der Waals surface area contributed by atoms with E-state index in [1.807, 2.05) is 43.5 Å². The summed E-state index contributed by atoms with van der Waals surface area (Å²) in [6.07, 6.45) is 6.58. The summed E-state index contributed by atoms with van der Waals surface area (Å²) in [7, 11) is 0. The molecule has 7 nitrogen and oxygen atoms in total. The highest BCUT2D eigenvalue weighted by atomic mass is 35.5. The van der Waals surface area contributed by atoms with E-state index in [0.29, 0.717) is 11.0 Å². The molecule has 1 fully saturated rings. The number of nitrogens with one attached hydrogen (secondary N) is 3. The minimum atomic E-state index is 0.163. The van der Waals surface area contributed by atoms with Crippen LogP contribution in [0.2, 0.25) is 5.02 Å². The Morgan fingerprint density at radius 3 is 2.87 bits per heavy atom. The molecule has 1 aliphatic rings. The molecule has 0 spiro atoms. The number of fused-ring (bicyclic) bond motifs is 1. The number of halogens is 1. The Morgan fingerprint density at radius 1 is 1.13 bits per heavy atom. The fourth-order valence-electron chi connectivity index (χ4n) is 3.67. The van der Waals surface area contributed by atoms with Crippen LogP contribution in [0.25, 0.3) is 22.0 Å². The minimum absolute atomic E-state index is 0.163. The topological polar surface area (TPSA) is 87.8 Å². The number of aryl methyl sites for hydroxylation is 1. The van der Waals surface area contributed by atoms with Gasteiger partial charge in [0, 0.05) is 41.6 Å². The quantitative estimate of drug-likeness (QED) is 0.441. The standard InChI is InChI=1S/C22H21ClN6O/c1-13-4-15-9-25-22(29-21(15)20(23)5-13)28-17-6-14(16-10-26-27-11-16)7-19(8-17)30-18-2-3-24-12-18/h4-11,18,24H,2-3,12H2,1H3,(H,26,27)(H,25,28,29)/t18-/m1/s1. The second-order valence-electron chi connectivity index (χ2n) is 7.47. The molecule has 3 heterocycles. The van der Waals surface area contributed by atoms with Crippen molar-refractivity contribution in [2.45, 2.75) is 19.4 Å². The van der Waals surface area contributed by atoms with Crippen LogP contribution >= 0.6 is 11.6 Å². The fraction of sp³-hybridized carbons (Fsp3) is 0.227. The van der Waals surface area contributed by atoms with Crippen molar-refractivity contribution in [3.63, 3.8) is 0 Å². The molecule has 8 heteroatoms. The normalized spacial score (nSPS) is 16.1. The molecule has 152 valence electrons. The van der Waals surface area contributed by atoms with Gasteiger partial charge in [0.2, 0.25) is 5.95 Å². The van der Waals surface area contributed by atoms with Gasteiger partial charge in [-0.15, -0.1) is 0 Å². The average Bonchev–Trinajstić information content (AvgIpc) is 3.42. The van der Waals surface area contributed by atoms with Gasteiger partial charge in [-0.25, -0.2) is 9.97 Å². The summed E-state index contributed by atoms with van der Waals surface area (Å²) in [4.78, 5) is 9.07. The first-order valence-electron chi connectivity index (χ1n) is 9.85. The lowest BCUT2D eigenvalue weighted by Crippen LogP contribution is -2.19. The number of rotatable bonds is 5. The van der Waals surface area contributed by atoms with Gasteiger partial charge in [-0.3, -0.25) is 5.10 Å². The van der Waals surface area contributed by atoms with Gasteiger partial charge in [0.1, 0.15) is 11.9 Å². The Kier molecular flexibility index (Phi) is 4.98. The lowest BCUT2D eigenvalue weighted by Gasteiger charge is -2.15. The van der Waals surface area contributed by atoms with Gasteiger partial charge in [0.15, 0.2) is 0 Å². The van der Waals surface area contributed by atoms with Gasteiger partial charge in [0.25, 0.3) is 0 Å². The third kappa shape index (κ3) is 3.94. The van der Waals surface area contributed by atoms with Gasteiger partial charge in [-0.1, -0.05) is 11.6 Å². The molecule has 1 atom stereocenters. The molecule has 0 bridgehead atoms. The fourth-order valence-corrected chi connectivity index (χ4v) is 3.99. The molecule has 30 heavy (non-hydrogen) atoms. The zero-order valence-corrected chi connectivity index (χ0v) is 17.2. The Bertz CT molecular complexity index is 1190. The Labute approximate surface area is 178 Å². The number of aromatic amines is 1. The Morgan fingerprint density at radius 2 is 2.07 bits per heavy atom. The van der Waals surface area contributed by atoms with Crippen LogP contribution in [0.5, 0.6) is 5.75 Å². The number of ether oxygens (including phenoxy) is 1. The number of H-pyrrole nitrogens is 1. The van der Waals surface area contributed by atoms with Crippen molar-refractivity contribution in [2.75, 3.05) is 18.4 Å². The van der Waals surface area contributed by atoms with Crippen molar-refractivity contribution >= 4 is 34.1 Å². The summed E-state index contributed by atoms with van der Waals surface area (Å²) in [5.41, 5.74) is 4.60. The Balaban J connectivity index is 1.49. The molecule has 1 saturated heterocycles. The van der Waals surface area contributed by atoms with Crippen molar-refractivity contribution in [1.82, 2.24) is 25.5 Å². The van der Waals surface area contributed by atoms with Crippen LogP contribution in [0.3, 0.4) is 0 Å². The van der Waals surface area contributed by atoms with E-state index in [-0.39, 0.29) is 6.10 Å². The van der Waals surface area contributed by atoms with Crippen LogP contribution in [0.15, 0.2) is 48.9 Å². The van der Waals surface area contributed by atoms with Gasteiger partial charge in [-0.2, -0.15) is 5.10 Å². The van der Waals surface area contributed by atoms with Crippen molar-refractivity contribution in [1.29, 1.82) is 0 Å². The third-order valence-electron chi connectivity index (χ3n) is 5.09. The lowest BCUT2D eigenvalue weighted by molar-refractivity contribution is 0.223. The van der Waals surface area contributed by atoms with Gasteiger partial charge >= 0.3 is 0 Å². The van der Waals surface area contributed by atoms with Crippen molar-refractivity contribution in [3.05, 3.63) is 59.5 Å². The number of nitrogens with zero attached hydrogens (tertiary/aromatic N) is 3. The minimum Gasteiger partial charge on any atom is -0.489 e. The maximum Gasteiger partial charge on any atom is 0.227 e. The smallest absolute Gasteiger partial charge is 0.227 e. The molecular formula is C22H21ClN6O. The Hall–Kier alpha value is -3.16. The van der Waals surface area contributed by atoms with Gasteiger partial charge < -0.3 is 15.4 Å². The molecule has 3 N–H and O–H groups in total. The van der Waals surface area contributed by atoms with Gasteiger partial charge in [0.05, 0.1) is 16.7 Å². The first kappa shape index (κ1) is 18.8. The van der Waals surface area contributed by atoms with Crippen molar-refractivity contribution < 1.29 is 4.74 Å². The number of benzene rings is 2. The van der Waals surface area contributed by atoms with Crippen LogP contribution in [0, 0.1) is 6.92 Å². The molecule has 0 unspecified atom stereocenters. The highest BCUT2D eigenvalue weighted by Crippen LogP contribution is 2.31. The maximum atomic E-state index is 6.40. The van der Waals surface area contributed by atoms with E-state index in [9.17, 15) is 0 Å². The first-order chi connectivity index (χ1) is 14.6. The molecule has 2 aromatic heterocycles. The van der Waals surface area contributed by atoms with Crippen molar-refractivity contribution in [2.24, 2.45) is 0 Å². The van der Waals surface area contributed by atoms with Crippen LogP contribution in [-0.4, -0.2) is 39.4 Å². The third-order valence-corrected chi connectivity index (χ3v) is 5.38. The monoisotopic (exact) mass is 420 g/mol. The number of aromatic nitrogens is 4. The largest absolute Gasteiger partial charge is 0.489 e. The van der Waals surface area contributed by atoms with Crippen LogP contribution in [0.4, 0.5) is 11.6 Å². The molecule has 1 aliphatic heterocycles. The second kappa shape index (κ2) is 7.93. The maximum absolute atomic E-state index is 6.40. The van der Waals surface area contributed by atoms with E-state index in [1.54, 1.807) is 12.4 Å². The van der Waals surface area contributed by atoms with E-state index in [2.05, 4.69) is 30.8 Å². The predicted molar refractivity (Wildman–Crippen MR) is 118 cm³/mol. The van der Waals surface area contributed by atoms with Crippen LogP contribution in [0.1, 0.15) is 12.0 Å². The number of hydrogen-bond acceptors (Lipinski definition) is 6. The summed E-state index contributed by atoms with van der Waals surface area (Å²) in [6, 6.07) is 9.93. The molecule has 2 aromatic carbocycles. The molecule has 0 radical (unpaired) electrons. The second-order valence-corrected chi connectivity index (χ2v) is 7.88. The highest BCUT2D eigenvalue weighted by molar-refractivity contribution is 6.35. The van der Waals surface area contributed by atoms with E-state index >= 15 is 0 Å². The predicted octanol–water partition coefficient (Wildman–Crippen LogP) is 4.47. The molecule has 0 aliphatic carbocycles. The zero-order chi connectivity index (χ0) is 20.5. The van der Waals surface area contributed by atoms with E-state index in [0.717, 1.165) is 58.5 Å². The number of hydrogen-bond donors (Lipinski definition) is 3. The van der Waals surface area contributed by atoms with E-state index in [1.165, 1.54) is 0 Å². The van der Waals surface area contributed by atoms with Gasteiger partial charge in [-0.05, 0) is 55.3 Å². The molecular weight excluding hydrogens is 400 g/mol. The summed E-state index contributed by atoms with van der Waals surface area (Å²) in [5, 5.41) is 15.1. The average molecular weight is 421 g/mol. The van der Waals surface area contributed by atoms with Crippen LogP contribution < -0.4 is 15.4 Å². The molecule has 0 amide bonds. The molecule has 5 rings (SSSR count). The molecule has 0 saturated carbocycles.